The average molecular weight is 257 g/mol. The highest BCUT2D eigenvalue weighted by Crippen LogP contribution is 2.14. The molecule has 1 atom stereocenters. The maximum Gasteiger partial charge on any atom is 0.407 e. The van der Waals surface area contributed by atoms with Crippen LogP contribution in [0.5, 0.6) is 0 Å². The second-order valence-corrected chi connectivity index (χ2v) is 5.94. The number of amides is 1. The van der Waals surface area contributed by atoms with Crippen LogP contribution in [0.15, 0.2) is 0 Å². The molecule has 1 saturated heterocycles. The van der Waals surface area contributed by atoms with Gasteiger partial charge in [-0.05, 0) is 53.2 Å². The Hall–Kier alpha value is -0.810. The Bertz CT molecular complexity index is 263. The lowest BCUT2D eigenvalue weighted by Crippen LogP contribution is -2.37. The van der Waals surface area contributed by atoms with Crippen molar-refractivity contribution in [2.24, 2.45) is 5.92 Å². The number of alkyl carbamates (subject to hydrolysis) is 1. The highest BCUT2D eigenvalue weighted by molar-refractivity contribution is 5.67. The summed E-state index contributed by atoms with van der Waals surface area (Å²) >= 11 is 0. The smallest absolute Gasteiger partial charge is 0.407 e. The van der Waals surface area contributed by atoms with Crippen LogP contribution in [0.4, 0.5) is 4.79 Å². The second-order valence-electron chi connectivity index (χ2n) is 5.94. The maximum atomic E-state index is 11.4. The first kappa shape index (κ1) is 15.2. The van der Waals surface area contributed by atoms with Crippen LogP contribution in [0, 0.1) is 5.92 Å². The number of likely N-dealkylation sites (tertiary alicyclic amines) is 1. The van der Waals surface area contributed by atoms with Crippen molar-refractivity contribution in [3.63, 3.8) is 0 Å². The number of rotatable bonds is 5. The molecular weight excluding hydrogens is 230 g/mol. The normalized spacial score (nSPS) is 21.0. The highest BCUT2D eigenvalue weighted by Gasteiger charge is 2.21. The molecule has 0 spiro atoms. The van der Waals surface area contributed by atoms with Crippen LogP contribution in [0.25, 0.3) is 0 Å². The minimum Gasteiger partial charge on any atom is -0.444 e. The van der Waals surface area contributed by atoms with E-state index in [9.17, 15) is 4.79 Å². The van der Waals surface area contributed by atoms with Crippen molar-refractivity contribution in [1.29, 1.82) is 0 Å². The fraction of sp³-hybridized carbons (Fsp3) is 0.923. The van der Waals surface area contributed by atoms with Gasteiger partial charge in [-0.15, -0.1) is 0 Å². The van der Waals surface area contributed by atoms with Gasteiger partial charge < -0.3 is 20.3 Å². The number of hydrogen-bond acceptors (Lipinski definition) is 4. The third-order valence-corrected chi connectivity index (χ3v) is 2.96. The fourth-order valence-corrected chi connectivity index (χ4v) is 2.20. The molecule has 1 rings (SSSR count). The molecule has 0 saturated carbocycles. The first-order valence-corrected chi connectivity index (χ1v) is 6.74. The largest absolute Gasteiger partial charge is 0.444 e. The molecule has 1 heterocycles. The molecule has 1 aliphatic rings. The molecule has 18 heavy (non-hydrogen) atoms. The van der Waals surface area contributed by atoms with Gasteiger partial charge in [0, 0.05) is 19.6 Å². The summed E-state index contributed by atoms with van der Waals surface area (Å²) in [5.41, 5.74) is -0.421. The molecule has 0 radical (unpaired) electrons. The summed E-state index contributed by atoms with van der Waals surface area (Å²) in [4.78, 5) is 13.8. The Kier molecular flexibility index (Phi) is 5.88. The van der Waals surface area contributed by atoms with E-state index in [0.717, 1.165) is 32.1 Å². The van der Waals surface area contributed by atoms with Crippen molar-refractivity contribution in [2.45, 2.75) is 32.8 Å². The molecule has 1 unspecified atom stereocenters. The van der Waals surface area contributed by atoms with Crippen LogP contribution in [0.2, 0.25) is 0 Å². The first-order valence-electron chi connectivity index (χ1n) is 6.74. The van der Waals surface area contributed by atoms with Gasteiger partial charge in [-0.1, -0.05) is 0 Å². The van der Waals surface area contributed by atoms with Gasteiger partial charge in [-0.25, -0.2) is 4.79 Å². The Morgan fingerprint density at radius 2 is 2.17 bits per heavy atom. The molecule has 0 aromatic rings. The Morgan fingerprint density at radius 1 is 1.44 bits per heavy atom. The van der Waals surface area contributed by atoms with Crippen molar-refractivity contribution in [2.75, 3.05) is 39.8 Å². The summed E-state index contributed by atoms with van der Waals surface area (Å²) in [5, 5.41) is 6.01. The lowest BCUT2D eigenvalue weighted by atomic mass is 10.1. The number of carbonyl (C=O) groups excluding carboxylic acids is 1. The van der Waals surface area contributed by atoms with E-state index in [1.165, 1.54) is 6.42 Å². The highest BCUT2D eigenvalue weighted by atomic mass is 16.6. The minimum absolute atomic E-state index is 0.325. The monoisotopic (exact) mass is 257 g/mol. The number of ether oxygens (including phenoxy) is 1. The summed E-state index contributed by atoms with van der Waals surface area (Å²) < 4.78 is 5.18. The van der Waals surface area contributed by atoms with Crippen LogP contribution in [-0.4, -0.2) is 56.4 Å². The van der Waals surface area contributed by atoms with Crippen LogP contribution < -0.4 is 10.6 Å². The molecule has 0 aromatic heterocycles. The number of carbonyl (C=O) groups is 1. The zero-order valence-electron chi connectivity index (χ0n) is 12.1. The fourth-order valence-electron chi connectivity index (χ4n) is 2.20. The van der Waals surface area contributed by atoms with Crippen molar-refractivity contribution in [3.8, 4) is 0 Å². The number of hydrogen-bond donors (Lipinski definition) is 2. The molecule has 106 valence electrons. The van der Waals surface area contributed by atoms with Crippen molar-refractivity contribution in [1.82, 2.24) is 15.5 Å². The van der Waals surface area contributed by atoms with E-state index >= 15 is 0 Å². The van der Waals surface area contributed by atoms with Gasteiger partial charge in [0.2, 0.25) is 0 Å². The average Bonchev–Trinajstić information content (AvgIpc) is 2.63. The quantitative estimate of drug-likeness (QED) is 0.773. The van der Waals surface area contributed by atoms with Crippen molar-refractivity contribution < 1.29 is 9.53 Å². The standard InChI is InChI=1S/C13H27N3O2/c1-13(2,3)18-12(17)15-6-8-16-7-5-11(10-16)9-14-4/h11,14H,5-10H2,1-4H3,(H,15,17). The van der Waals surface area contributed by atoms with E-state index in [0.29, 0.717) is 6.54 Å². The molecule has 1 aliphatic heterocycles. The number of nitrogens with one attached hydrogen (secondary N) is 2. The third-order valence-electron chi connectivity index (χ3n) is 2.96. The van der Waals surface area contributed by atoms with Gasteiger partial charge in [-0.3, -0.25) is 0 Å². The van der Waals surface area contributed by atoms with Gasteiger partial charge in [0.1, 0.15) is 5.60 Å². The molecule has 1 fully saturated rings. The topological polar surface area (TPSA) is 53.6 Å². The Morgan fingerprint density at radius 3 is 2.78 bits per heavy atom. The van der Waals surface area contributed by atoms with Gasteiger partial charge >= 0.3 is 6.09 Å². The van der Waals surface area contributed by atoms with Gasteiger partial charge in [0.05, 0.1) is 0 Å². The van der Waals surface area contributed by atoms with Crippen LogP contribution >= 0.6 is 0 Å². The van der Waals surface area contributed by atoms with Gasteiger partial charge in [-0.2, -0.15) is 0 Å². The summed E-state index contributed by atoms with van der Waals surface area (Å²) in [6.45, 7) is 10.5. The maximum absolute atomic E-state index is 11.4. The van der Waals surface area contributed by atoms with Crippen molar-refractivity contribution in [3.05, 3.63) is 0 Å². The van der Waals surface area contributed by atoms with E-state index in [4.69, 9.17) is 4.74 Å². The molecular formula is C13H27N3O2. The summed E-state index contributed by atoms with van der Waals surface area (Å²) in [6.07, 6.45) is 0.918. The molecule has 0 bridgehead atoms. The van der Waals surface area contributed by atoms with Crippen LogP contribution in [0.1, 0.15) is 27.2 Å². The molecule has 1 amide bonds. The third kappa shape index (κ3) is 6.21. The second kappa shape index (κ2) is 6.95. The summed E-state index contributed by atoms with van der Waals surface area (Å²) in [6, 6.07) is 0. The predicted octanol–water partition coefficient (Wildman–Crippen LogP) is 1.05. The lowest BCUT2D eigenvalue weighted by Gasteiger charge is -2.21. The van der Waals surface area contributed by atoms with E-state index in [-0.39, 0.29) is 6.09 Å². The summed E-state index contributed by atoms with van der Waals surface area (Å²) in [7, 11) is 1.99. The molecule has 5 nitrogen and oxygen atoms in total. The van der Waals surface area contributed by atoms with E-state index in [1.54, 1.807) is 0 Å². The molecule has 2 N–H and O–H groups in total. The van der Waals surface area contributed by atoms with E-state index < -0.39 is 5.60 Å². The van der Waals surface area contributed by atoms with E-state index in [1.807, 2.05) is 27.8 Å². The minimum atomic E-state index is -0.421. The Balaban J connectivity index is 2.10. The Labute approximate surface area is 110 Å². The molecule has 0 aromatic carbocycles. The first-order chi connectivity index (χ1) is 8.40. The summed E-state index contributed by atoms with van der Waals surface area (Å²) in [5.74, 6) is 0.747. The zero-order valence-corrected chi connectivity index (χ0v) is 12.1. The molecule has 5 heteroatoms. The lowest BCUT2D eigenvalue weighted by molar-refractivity contribution is 0.0523. The van der Waals surface area contributed by atoms with Gasteiger partial charge in [0.15, 0.2) is 0 Å². The number of nitrogens with zero attached hydrogens (tertiary/aromatic N) is 1. The zero-order chi connectivity index (χ0) is 13.6. The van der Waals surface area contributed by atoms with Gasteiger partial charge in [0.25, 0.3) is 0 Å². The van der Waals surface area contributed by atoms with E-state index in [2.05, 4.69) is 15.5 Å². The SMILES string of the molecule is CNCC1CCN(CCNC(=O)OC(C)(C)C)C1. The van der Waals surface area contributed by atoms with Crippen molar-refractivity contribution >= 4 is 6.09 Å². The van der Waals surface area contributed by atoms with Crippen LogP contribution in [-0.2, 0) is 4.74 Å². The van der Waals surface area contributed by atoms with Crippen LogP contribution in [0.3, 0.4) is 0 Å². The molecule has 0 aliphatic carbocycles. The predicted molar refractivity (Wildman–Crippen MR) is 72.7 cm³/mol.